The topological polar surface area (TPSA) is 38.7 Å². The molecule has 1 rings (SSSR count). The summed E-state index contributed by atoms with van der Waals surface area (Å²) in [5.74, 6) is -0.160. The summed E-state index contributed by atoms with van der Waals surface area (Å²) in [7, 11) is 1.39. The van der Waals surface area contributed by atoms with Crippen molar-refractivity contribution in [1.82, 2.24) is 0 Å². The Kier molecular flexibility index (Phi) is 4.88. The largest absolute Gasteiger partial charge is 0.467 e. The number of hydrogen-bond acceptors (Lipinski definition) is 3. The second kappa shape index (κ2) is 6.18. The SMILES string of the molecule is COC(=O)[C@@H](N=Cc1ccccc1C)C(C)C. The fraction of sp³-hybridized carbons (Fsp3) is 0.429. The van der Waals surface area contributed by atoms with Crippen molar-refractivity contribution >= 4 is 12.2 Å². The van der Waals surface area contributed by atoms with Gasteiger partial charge in [0, 0.05) is 6.21 Å². The van der Waals surface area contributed by atoms with Crippen LogP contribution in [0.1, 0.15) is 25.0 Å². The Morgan fingerprint density at radius 2 is 2.00 bits per heavy atom. The maximum absolute atomic E-state index is 11.5. The molecule has 0 unspecified atom stereocenters. The van der Waals surface area contributed by atoms with Gasteiger partial charge in [-0.1, -0.05) is 38.1 Å². The monoisotopic (exact) mass is 233 g/mol. The van der Waals surface area contributed by atoms with Gasteiger partial charge in [0.25, 0.3) is 0 Å². The number of carbonyl (C=O) groups excluding carboxylic acids is 1. The van der Waals surface area contributed by atoms with Crippen molar-refractivity contribution in [3.05, 3.63) is 35.4 Å². The van der Waals surface area contributed by atoms with Crippen LogP contribution in [0, 0.1) is 12.8 Å². The fourth-order valence-electron chi connectivity index (χ4n) is 1.52. The van der Waals surface area contributed by atoms with Gasteiger partial charge in [-0.25, -0.2) is 4.79 Å². The zero-order chi connectivity index (χ0) is 12.8. The average molecular weight is 233 g/mol. The number of carbonyl (C=O) groups is 1. The number of hydrogen-bond donors (Lipinski definition) is 0. The van der Waals surface area contributed by atoms with Gasteiger partial charge in [0.05, 0.1) is 7.11 Å². The first-order chi connectivity index (χ1) is 8.06. The van der Waals surface area contributed by atoms with Crippen LogP contribution in [0.3, 0.4) is 0 Å². The van der Waals surface area contributed by atoms with Crippen molar-refractivity contribution in [2.75, 3.05) is 7.11 Å². The Balaban J connectivity index is 2.87. The summed E-state index contributed by atoms with van der Waals surface area (Å²) < 4.78 is 4.74. The van der Waals surface area contributed by atoms with Gasteiger partial charge in [0.1, 0.15) is 6.04 Å². The van der Waals surface area contributed by atoms with E-state index in [9.17, 15) is 4.79 Å². The molecule has 0 amide bonds. The van der Waals surface area contributed by atoms with Crippen molar-refractivity contribution in [2.45, 2.75) is 26.8 Å². The standard InChI is InChI=1S/C14H19NO2/c1-10(2)13(14(16)17-4)15-9-12-8-6-5-7-11(12)3/h5-10,13H,1-4H3/t13-/m0/s1. The minimum atomic E-state index is -0.431. The minimum Gasteiger partial charge on any atom is -0.467 e. The molecule has 3 heteroatoms. The van der Waals surface area contributed by atoms with E-state index in [0.717, 1.165) is 11.1 Å². The molecular weight excluding hydrogens is 214 g/mol. The molecule has 0 bridgehead atoms. The Hall–Kier alpha value is -1.64. The molecule has 0 radical (unpaired) electrons. The third-order valence-corrected chi connectivity index (χ3v) is 2.64. The van der Waals surface area contributed by atoms with Crippen LogP contribution in [0.4, 0.5) is 0 Å². The van der Waals surface area contributed by atoms with E-state index in [1.165, 1.54) is 7.11 Å². The highest BCUT2D eigenvalue weighted by Gasteiger charge is 2.21. The minimum absolute atomic E-state index is 0.128. The molecule has 0 spiro atoms. The van der Waals surface area contributed by atoms with E-state index in [2.05, 4.69) is 4.99 Å². The van der Waals surface area contributed by atoms with Crippen molar-refractivity contribution < 1.29 is 9.53 Å². The number of benzene rings is 1. The smallest absolute Gasteiger partial charge is 0.330 e. The molecule has 3 nitrogen and oxygen atoms in total. The Morgan fingerprint density at radius 1 is 1.35 bits per heavy atom. The summed E-state index contributed by atoms with van der Waals surface area (Å²) >= 11 is 0. The van der Waals surface area contributed by atoms with E-state index >= 15 is 0 Å². The van der Waals surface area contributed by atoms with Gasteiger partial charge in [-0.2, -0.15) is 0 Å². The molecule has 0 aromatic heterocycles. The maximum atomic E-state index is 11.5. The summed E-state index contributed by atoms with van der Waals surface area (Å²) in [5, 5.41) is 0. The first-order valence-electron chi connectivity index (χ1n) is 5.73. The Bertz CT molecular complexity index is 410. The van der Waals surface area contributed by atoms with Crippen LogP contribution in [0.15, 0.2) is 29.3 Å². The predicted molar refractivity (Wildman–Crippen MR) is 69.4 cm³/mol. The highest BCUT2D eigenvalue weighted by Crippen LogP contribution is 2.10. The number of esters is 1. The number of aryl methyl sites for hydroxylation is 1. The summed E-state index contributed by atoms with van der Waals surface area (Å²) in [4.78, 5) is 15.8. The van der Waals surface area contributed by atoms with Gasteiger partial charge in [0.15, 0.2) is 0 Å². The van der Waals surface area contributed by atoms with Crippen molar-refractivity contribution in [1.29, 1.82) is 0 Å². The molecule has 92 valence electrons. The normalized spacial score (nSPS) is 13.0. The average Bonchev–Trinajstić information content (AvgIpc) is 2.30. The zero-order valence-electron chi connectivity index (χ0n) is 10.8. The summed E-state index contributed by atoms with van der Waals surface area (Å²) in [6.45, 7) is 5.93. The maximum Gasteiger partial charge on any atom is 0.330 e. The third kappa shape index (κ3) is 3.70. The zero-order valence-corrected chi connectivity index (χ0v) is 10.8. The molecule has 17 heavy (non-hydrogen) atoms. The molecule has 0 aliphatic rings. The number of rotatable bonds is 4. The predicted octanol–water partition coefficient (Wildman–Crippen LogP) is 2.61. The lowest BCUT2D eigenvalue weighted by Gasteiger charge is -2.13. The molecule has 0 N–H and O–H groups in total. The van der Waals surface area contributed by atoms with Crippen molar-refractivity contribution in [3.63, 3.8) is 0 Å². The van der Waals surface area contributed by atoms with E-state index < -0.39 is 6.04 Å². The first-order valence-corrected chi connectivity index (χ1v) is 5.73. The number of methoxy groups -OCH3 is 1. The Morgan fingerprint density at radius 3 is 2.53 bits per heavy atom. The molecule has 1 aromatic rings. The van der Waals surface area contributed by atoms with Crippen molar-refractivity contribution in [3.8, 4) is 0 Å². The number of ether oxygens (including phenoxy) is 1. The third-order valence-electron chi connectivity index (χ3n) is 2.64. The summed E-state index contributed by atoms with van der Waals surface area (Å²) in [6.07, 6.45) is 1.75. The molecule has 0 fully saturated rings. The van der Waals surface area contributed by atoms with Crippen LogP contribution in [0.5, 0.6) is 0 Å². The molecule has 0 aliphatic carbocycles. The Labute approximate surface area is 103 Å². The lowest BCUT2D eigenvalue weighted by atomic mass is 10.1. The highest BCUT2D eigenvalue weighted by molar-refractivity contribution is 5.85. The van der Waals surface area contributed by atoms with E-state index in [1.54, 1.807) is 6.21 Å². The highest BCUT2D eigenvalue weighted by atomic mass is 16.5. The molecule has 1 atom stereocenters. The first kappa shape index (κ1) is 13.4. The second-order valence-electron chi connectivity index (χ2n) is 4.35. The van der Waals surface area contributed by atoms with Gasteiger partial charge < -0.3 is 4.74 Å². The van der Waals surface area contributed by atoms with Gasteiger partial charge >= 0.3 is 5.97 Å². The van der Waals surface area contributed by atoms with Crippen LogP contribution in [-0.4, -0.2) is 25.3 Å². The number of aliphatic imine (C=N–C) groups is 1. The van der Waals surface area contributed by atoms with Crippen LogP contribution >= 0.6 is 0 Å². The molecule has 1 aromatic carbocycles. The van der Waals surface area contributed by atoms with E-state index in [4.69, 9.17) is 4.74 Å². The molecular formula is C14H19NO2. The van der Waals surface area contributed by atoms with E-state index in [1.807, 2.05) is 45.0 Å². The van der Waals surface area contributed by atoms with Gasteiger partial charge in [0.2, 0.25) is 0 Å². The molecule has 0 aliphatic heterocycles. The summed E-state index contributed by atoms with van der Waals surface area (Å²) in [5.41, 5.74) is 2.17. The van der Waals surface area contributed by atoms with E-state index in [0.29, 0.717) is 0 Å². The second-order valence-corrected chi connectivity index (χ2v) is 4.35. The van der Waals surface area contributed by atoms with Gasteiger partial charge in [-0.3, -0.25) is 4.99 Å². The quantitative estimate of drug-likeness (QED) is 0.592. The number of nitrogens with zero attached hydrogens (tertiary/aromatic N) is 1. The van der Waals surface area contributed by atoms with Crippen LogP contribution in [-0.2, 0) is 9.53 Å². The molecule has 0 heterocycles. The lowest BCUT2D eigenvalue weighted by molar-refractivity contribution is -0.143. The van der Waals surface area contributed by atoms with Crippen LogP contribution < -0.4 is 0 Å². The van der Waals surface area contributed by atoms with Crippen molar-refractivity contribution in [2.24, 2.45) is 10.9 Å². The summed E-state index contributed by atoms with van der Waals surface area (Å²) in [6, 6.07) is 7.50. The van der Waals surface area contributed by atoms with Gasteiger partial charge in [-0.05, 0) is 24.0 Å². The molecule has 0 saturated heterocycles. The fourth-order valence-corrected chi connectivity index (χ4v) is 1.52. The van der Waals surface area contributed by atoms with Crippen LogP contribution in [0.2, 0.25) is 0 Å². The van der Waals surface area contributed by atoms with Gasteiger partial charge in [-0.15, -0.1) is 0 Å². The molecule has 0 saturated carbocycles. The van der Waals surface area contributed by atoms with E-state index in [-0.39, 0.29) is 11.9 Å². The lowest BCUT2D eigenvalue weighted by Crippen LogP contribution is -2.26. The van der Waals surface area contributed by atoms with Crippen LogP contribution in [0.25, 0.3) is 0 Å².